The Hall–Kier alpha value is -1.19. The summed E-state index contributed by atoms with van der Waals surface area (Å²) >= 11 is 1.88. The third-order valence-corrected chi connectivity index (χ3v) is 4.64. The summed E-state index contributed by atoms with van der Waals surface area (Å²) in [4.78, 5) is 2.81. The molecule has 0 fully saturated rings. The van der Waals surface area contributed by atoms with Gasteiger partial charge in [0, 0.05) is 22.2 Å². The number of aryl methyl sites for hydroxylation is 1. The van der Waals surface area contributed by atoms with E-state index in [1.54, 1.807) is 12.1 Å². The fraction of sp³-hybridized carbons (Fsp3) is 0.412. The number of thiophene rings is 1. The summed E-state index contributed by atoms with van der Waals surface area (Å²) in [5.41, 5.74) is 1.16. The minimum absolute atomic E-state index is 0.174. The second kappa shape index (κ2) is 7.55. The van der Waals surface area contributed by atoms with Crippen molar-refractivity contribution in [3.8, 4) is 0 Å². The van der Waals surface area contributed by atoms with Crippen molar-refractivity contribution < 1.29 is 4.39 Å². The number of rotatable bonds is 7. The maximum atomic E-state index is 13.1. The van der Waals surface area contributed by atoms with Gasteiger partial charge in [-0.3, -0.25) is 0 Å². The summed E-state index contributed by atoms with van der Waals surface area (Å²) in [6.45, 7) is 5.32. The van der Waals surface area contributed by atoms with Crippen LogP contribution < -0.4 is 5.32 Å². The van der Waals surface area contributed by atoms with Crippen molar-refractivity contribution in [3.63, 3.8) is 0 Å². The first kappa shape index (κ1) is 15.2. The second-order valence-corrected chi connectivity index (χ2v) is 6.24. The molecule has 0 radical (unpaired) electrons. The number of halogens is 1. The van der Waals surface area contributed by atoms with Gasteiger partial charge in [0.2, 0.25) is 0 Å². The molecule has 0 aliphatic carbocycles. The van der Waals surface area contributed by atoms with Crippen LogP contribution in [0, 0.1) is 5.82 Å². The molecule has 0 saturated heterocycles. The molecule has 0 aliphatic rings. The molecule has 1 unspecified atom stereocenters. The highest BCUT2D eigenvalue weighted by atomic mass is 32.1. The lowest BCUT2D eigenvalue weighted by molar-refractivity contribution is 0.530. The predicted molar refractivity (Wildman–Crippen MR) is 84.8 cm³/mol. The minimum atomic E-state index is -0.174. The van der Waals surface area contributed by atoms with Crippen molar-refractivity contribution in [2.75, 3.05) is 6.54 Å². The maximum Gasteiger partial charge on any atom is 0.123 e. The van der Waals surface area contributed by atoms with Gasteiger partial charge < -0.3 is 5.32 Å². The molecule has 2 aromatic rings. The van der Waals surface area contributed by atoms with Crippen molar-refractivity contribution in [3.05, 3.63) is 57.5 Å². The van der Waals surface area contributed by atoms with Crippen molar-refractivity contribution in [1.29, 1.82) is 0 Å². The highest BCUT2D eigenvalue weighted by Crippen LogP contribution is 2.24. The molecule has 1 aromatic heterocycles. The third-order valence-electron chi connectivity index (χ3n) is 3.38. The Morgan fingerprint density at radius 2 is 1.75 bits per heavy atom. The Labute approximate surface area is 124 Å². The lowest BCUT2D eigenvalue weighted by atomic mass is 10.0. The normalized spacial score (nSPS) is 12.6. The summed E-state index contributed by atoms with van der Waals surface area (Å²) < 4.78 is 13.1. The van der Waals surface area contributed by atoms with E-state index in [0.717, 1.165) is 31.4 Å². The fourth-order valence-electron chi connectivity index (χ4n) is 2.24. The van der Waals surface area contributed by atoms with E-state index in [-0.39, 0.29) is 11.9 Å². The van der Waals surface area contributed by atoms with Crippen molar-refractivity contribution in [2.45, 2.75) is 39.2 Å². The molecule has 1 heterocycles. The first-order valence-electron chi connectivity index (χ1n) is 7.29. The molecular formula is C17H22FNS. The van der Waals surface area contributed by atoms with Crippen molar-refractivity contribution in [1.82, 2.24) is 5.32 Å². The Morgan fingerprint density at radius 3 is 2.35 bits per heavy atom. The molecule has 3 heteroatoms. The van der Waals surface area contributed by atoms with E-state index < -0.39 is 0 Å². The lowest BCUT2D eigenvalue weighted by Crippen LogP contribution is -2.23. The summed E-state index contributed by atoms with van der Waals surface area (Å²) in [5, 5.41) is 3.57. The molecular weight excluding hydrogens is 269 g/mol. The molecule has 108 valence electrons. The second-order valence-electron chi connectivity index (χ2n) is 4.98. The van der Waals surface area contributed by atoms with Crippen LogP contribution in [0.25, 0.3) is 0 Å². The summed E-state index contributed by atoms with van der Waals surface area (Å²) in [6.07, 6.45) is 3.16. The lowest BCUT2D eigenvalue weighted by Gasteiger charge is -2.18. The quantitative estimate of drug-likeness (QED) is 0.777. The highest BCUT2D eigenvalue weighted by Gasteiger charge is 2.13. The Morgan fingerprint density at radius 1 is 1.05 bits per heavy atom. The molecule has 2 rings (SSSR count). The molecule has 20 heavy (non-hydrogen) atoms. The molecule has 0 spiro atoms. The van der Waals surface area contributed by atoms with Crippen LogP contribution in [0.5, 0.6) is 0 Å². The van der Waals surface area contributed by atoms with Gasteiger partial charge in [0.1, 0.15) is 5.82 Å². The zero-order chi connectivity index (χ0) is 14.4. The van der Waals surface area contributed by atoms with Crippen LogP contribution >= 0.6 is 11.3 Å². The molecule has 0 bridgehead atoms. The van der Waals surface area contributed by atoms with Gasteiger partial charge in [0.05, 0.1) is 0 Å². The molecule has 1 nitrogen and oxygen atoms in total. The van der Waals surface area contributed by atoms with Gasteiger partial charge in [-0.2, -0.15) is 0 Å². The minimum Gasteiger partial charge on any atom is -0.310 e. The zero-order valence-electron chi connectivity index (χ0n) is 12.2. The molecule has 1 aromatic carbocycles. The van der Waals surface area contributed by atoms with Gasteiger partial charge >= 0.3 is 0 Å². The van der Waals surface area contributed by atoms with E-state index in [4.69, 9.17) is 0 Å². The number of hydrogen-bond acceptors (Lipinski definition) is 2. The number of benzene rings is 1. The van der Waals surface area contributed by atoms with Gasteiger partial charge in [-0.05, 0) is 49.2 Å². The third kappa shape index (κ3) is 4.15. The van der Waals surface area contributed by atoms with Crippen LogP contribution in [0.1, 0.15) is 41.6 Å². The molecule has 0 aliphatic heterocycles. The van der Waals surface area contributed by atoms with E-state index in [0.29, 0.717) is 0 Å². The zero-order valence-corrected chi connectivity index (χ0v) is 13.0. The average molecular weight is 291 g/mol. The Balaban J connectivity index is 2.12. The predicted octanol–water partition coefficient (Wildman–Crippen LogP) is 4.73. The smallest absolute Gasteiger partial charge is 0.123 e. The monoisotopic (exact) mass is 291 g/mol. The van der Waals surface area contributed by atoms with E-state index in [2.05, 4.69) is 31.3 Å². The van der Waals surface area contributed by atoms with Crippen molar-refractivity contribution in [2.24, 2.45) is 0 Å². The number of hydrogen-bond donors (Lipinski definition) is 1. The standard InChI is InChI=1S/C17H22FNS/c1-3-11-19-17(13-5-7-14(18)8-6-13)12-16-10-9-15(4-2)20-16/h5-10,17,19H,3-4,11-12H2,1-2H3. The fourth-order valence-corrected chi connectivity index (χ4v) is 3.25. The molecule has 0 saturated carbocycles. The van der Waals surface area contributed by atoms with Crippen LogP contribution in [0.2, 0.25) is 0 Å². The molecule has 0 amide bonds. The van der Waals surface area contributed by atoms with Gasteiger partial charge in [-0.25, -0.2) is 4.39 Å². The van der Waals surface area contributed by atoms with Crippen LogP contribution in [0.4, 0.5) is 4.39 Å². The van der Waals surface area contributed by atoms with E-state index in [1.807, 2.05) is 23.5 Å². The first-order chi connectivity index (χ1) is 9.72. The van der Waals surface area contributed by atoms with Crippen LogP contribution in [0.15, 0.2) is 36.4 Å². The topological polar surface area (TPSA) is 12.0 Å². The van der Waals surface area contributed by atoms with Gasteiger partial charge in [-0.15, -0.1) is 11.3 Å². The largest absolute Gasteiger partial charge is 0.310 e. The van der Waals surface area contributed by atoms with E-state index >= 15 is 0 Å². The van der Waals surface area contributed by atoms with Gasteiger partial charge in [-0.1, -0.05) is 26.0 Å². The SMILES string of the molecule is CCCNC(Cc1ccc(CC)s1)c1ccc(F)cc1. The van der Waals surface area contributed by atoms with E-state index in [9.17, 15) is 4.39 Å². The summed E-state index contributed by atoms with van der Waals surface area (Å²) in [5.74, 6) is -0.174. The molecule has 1 atom stereocenters. The van der Waals surface area contributed by atoms with Gasteiger partial charge in [0.15, 0.2) is 0 Å². The van der Waals surface area contributed by atoms with Crippen molar-refractivity contribution >= 4 is 11.3 Å². The van der Waals surface area contributed by atoms with E-state index in [1.165, 1.54) is 9.75 Å². The highest BCUT2D eigenvalue weighted by molar-refractivity contribution is 7.11. The Kier molecular flexibility index (Phi) is 5.74. The Bertz CT molecular complexity index is 518. The van der Waals surface area contributed by atoms with Crippen LogP contribution in [-0.2, 0) is 12.8 Å². The summed E-state index contributed by atoms with van der Waals surface area (Å²) in [7, 11) is 0. The average Bonchev–Trinajstić information content (AvgIpc) is 2.92. The number of nitrogens with one attached hydrogen (secondary N) is 1. The van der Waals surface area contributed by atoms with Crippen LogP contribution in [0.3, 0.4) is 0 Å². The maximum absolute atomic E-state index is 13.1. The van der Waals surface area contributed by atoms with Gasteiger partial charge in [0.25, 0.3) is 0 Å². The molecule has 1 N–H and O–H groups in total. The first-order valence-corrected chi connectivity index (χ1v) is 8.11. The van der Waals surface area contributed by atoms with Crippen LogP contribution in [-0.4, -0.2) is 6.54 Å². The summed E-state index contributed by atoms with van der Waals surface area (Å²) in [6, 6.07) is 11.5.